The molecule has 1 N–H and O–H groups in total. The molecular formula is C15H21BrN4. The van der Waals surface area contributed by atoms with Gasteiger partial charge in [-0.3, -0.25) is 0 Å². The summed E-state index contributed by atoms with van der Waals surface area (Å²) in [5, 5.41) is 11.4. The Bertz CT molecular complexity index is 561. The molecule has 0 radical (unpaired) electrons. The van der Waals surface area contributed by atoms with Gasteiger partial charge >= 0.3 is 0 Å². The normalized spacial score (nSPS) is 13.5. The predicted molar refractivity (Wildman–Crippen MR) is 84.7 cm³/mol. The Morgan fingerprint density at radius 2 is 1.80 bits per heavy atom. The number of nitrogens with zero attached hydrogens (tertiary/aromatic N) is 3. The molecule has 0 spiro atoms. The van der Waals surface area contributed by atoms with Crippen LogP contribution >= 0.6 is 15.9 Å². The number of nitrogens with one attached hydrogen (secondary N) is 1. The lowest BCUT2D eigenvalue weighted by Crippen LogP contribution is -2.21. The third-order valence-electron chi connectivity index (χ3n) is 3.50. The van der Waals surface area contributed by atoms with E-state index in [-0.39, 0.29) is 11.5 Å². The molecule has 0 bridgehead atoms. The van der Waals surface area contributed by atoms with Gasteiger partial charge in [0, 0.05) is 7.05 Å². The average molecular weight is 337 g/mol. The summed E-state index contributed by atoms with van der Waals surface area (Å²) in [5.41, 5.74) is 3.73. The molecule has 108 valence electrons. The molecule has 0 fully saturated rings. The molecule has 0 amide bonds. The molecular weight excluding hydrogens is 316 g/mol. The average Bonchev–Trinajstić information content (AvgIpc) is 2.71. The standard InChI is InChI=1S/C15H21BrN4/c1-15(2,3)11-8-6-10(7-9-11)12(17-4)13-14(16)18-19-20(13)5/h6-9,12,17H,1-5H3. The molecule has 5 heteroatoms. The predicted octanol–water partition coefficient (Wildman–Crippen LogP) is 3.18. The van der Waals surface area contributed by atoms with E-state index >= 15 is 0 Å². The Morgan fingerprint density at radius 1 is 1.20 bits per heavy atom. The topological polar surface area (TPSA) is 42.7 Å². The summed E-state index contributed by atoms with van der Waals surface area (Å²) in [4.78, 5) is 0. The van der Waals surface area contributed by atoms with Gasteiger partial charge in [0.25, 0.3) is 0 Å². The summed E-state index contributed by atoms with van der Waals surface area (Å²) in [7, 11) is 3.85. The van der Waals surface area contributed by atoms with Crippen LogP contribution in [0.25, 0.3) is 0 Å². The van der Waals surface area contributed by atoms with Crippen molar-refractivity contribution in [3.8, 4) is 0 Å². The summed E-state index contributed by atoms with van der Waals surface area (Å²) >= 11 is 3.47. The molecule has 2 rings (SSSR count). The lowest BCUT2D eigenvalue weighted by molar-refractivity contribution is 0.584. The highest BCUT2D eigenvalue weighted by atomic mass is 79.9. The van der Waals surface area contributed by atoms with Crippen LogP contribution < -0.4 is 5.32 Å². The van der Waals surface area contributed by atoms with Crippen LogP contribution in [0, 0.1) is 0 Å². The van der Waals surface area contributed by atoms with Gasteiger partial charge < -0.3 is 5.32 Å². The van der Waals surface area contributed by atoms with E-state index in [1.807, 2.05) is 14.1 Å². The molecule has 0 aliphatic heterocycles. The molecule has 0 aliphatic rings. The molecule has 2 aromatic rings. The number of benzene rings is 1. The van der Waals surface area contributed by atoms with Gasteiger partial charge in [0.2, 0.25) is 0 Å². The summed E-state index contributed by atoms with van der Waals surface area (Å²) in [6.45, 7) is 6.66. The van der Waals surface area contributed by atoms with Crippen molar-refractivity contribution in [3.63, 3.8) is 0 Å². The number of hydrogen-bond donors (Lipinski definition) is 1. The lowest BCUT2D eigenvalue weighted by Gasteiger charge is -2.21. The van der Waals surface area contributed by atoms with Crippen LogP contribution in [0.3, 0.4) is 0 Å². The molecule has 1 atom stereocenters. The second kappa shape index (κ2) is 5.66. The largest absolute Gasteiger partial charge is 0.308 e. The SMILES string of the molecule is CNC(c1ccc(C(C)(C)C)cc1)c1c(Br)nnn1C. The second-order valence-corrected chi connectivity index (χ2v) is 6.73. The fraction of sp³-hybridized carbons (Fsp3) is 0.467. The minimum atomic E-state index is 0.0680. The Kier molecular flexibility index (Phi) is 4.30. The van der Waals surface area contributed by atoms with Crippen LogP contribution in [0.5, 0.6) is 0 Å². The number of rotatable bonds is 3. The zero-order valence-electron chi connectivity index (χ0n) is 12.6. The first-order chi connectivity index (χ1) is 9.34. The quantitative estimate of drug-likeness (QED) is 0.935. The van der Waals surface area contributed by atoms with Crippen molar-refractivity contribution in [2.45, 2.75) is 32.2 Å². The van der Waals surface area contributed by atoms with Gasteiger partial charge in [0.05, 0.1) is 11.7 Å². The van der Waals surface area contributed by atoms with Gasteiger partial charge in [-0.2, -0.15) is 0 Å². The first kappa shape index (κ1) is 15.2. The highest BCUT2D eigenvalue weighted by molar-refractivity contribution is 9.10. The smallest absolute Gasteiger partial charge is 0.153 e. The maximum atomic E-state index is 4.06. The van der Waals surface area contributed by atoms with Crippen molar-refractivity contribution in [3.05, 3.63) is 45.7 Å². The monoisotopic (exact) mass is 336 g/mol. The van der Waals surface area contributed by atoms with Crippen molar-refractivity contribution >= 4 is 15.9 Å². The summed E-state index contributed by atoms with van der Waals surface area (Å²) < 4.78 is 2.57. The van der Waals surface area contributed by atoms with E-state index in [0.29, 0.717) is 0 Å². The van der Waals surface area contributed by atoms with E-state index in [9.17, 15) is 0 Å². The number of aryl methyl sites for hydroxylation is 1. The third-order valence-corrected chi connectivity index (χ3v) is 4.06. The van der Waals surface area contributed by atoms with Gasteiger partial charge in [0.1, 0.15) is 0 Å². The molecule has 0 saturated heterocycles. The van der Waals surface area contributed by atoms with Crippen molar-refractivity contribution in [2.24, 2.45) is 7.05 Å². The number of aromatic nitrogens is 3. The minimum Gasteiger partial charge on any atom is -0.308 e. The first-order valence-corrected chi connectivity index (χ1v) is 7.46. The molecule has 20 heavy (non-hydrogen) atoms. The van der Waals surface area contributed by atoms with Gasteiger partial charge in [-0.15, -0.1) is 5.10 Å². The molecule has 0 aliphatic carbocycles. The molecule has 1 aromatic heterocycles. The van der Waals surface area contributed by atoms with Crippen LogP contribution in [0.4, 0.5) is 0 Å². The highest BCUT2D eigenvalue weighted by Gasteiger charge is 2.21. The van der Waals surface area contributed by atoms with Gasteiger partial charge in [-0.25, -0.2) is 4.68 Å². The van der Waals surface area contributed by atoms with Crippen LogP contribution in [0.15, 0.2) is 28.9 Å². The van der Waals surface area contributed by atoms with E-state index in [2.05, 4.69) is 76.6 Å². The Morgan fingerprint density at radius 3 is 2.20 bits per heavy atom. The Hall–Kier alpha value is -1.20. The highest BCUT2D eigenvalue weighted by Crippen LogP contribution is 2.28. The van der Waals surface area contributed by atoms with Crippen LogP contribution in [0.2, 0.25) is 0 Å². The van der Waals surface area contributed by atoms with Crippen LogP contribution in [-0.2, 0) is 12.5 Å². The lowest BCUT2D eigenvalue weighted by atomic mass is 9.86. The van der Waals surface area contributed by atoms with Crippen molar-refractivity contribution in [2.75, 3.05) is 7.05 Å². The van der Waals surface area contributed by atoms with E-state index in [0.717, 1.165) is 10.3 Å². The third kappa shape index (κ3) is 2.94. The molecule has 4 nitrogen and oxygen atoms in total. The molecule has 0 saturated carbocycles. The van der Waals surface area contributed by atoms with Crippen molar-refractivity contribution < 1.29 is 0 Å². The van der Waals surface area contributed by atoms with Gasteiger partial charge in [-0.1, -0.05) is 50.3 Å². The summed E-state index contributed by atoms with van der Waals surface area (Å²) in [6.07, 6.45) is 0. The summed E-state index contributed by atoms with van der Waals surface area (Å²) in [5.74, 6) is 0. The van der Waals surface area contributed by atoms with Crippen LogP contribution in [-0.4, -0.2) is 22.0 Å². The van der Waals surface area contributed by atoms with Gasteiger partial charge in [-0.05, 0) is 39.5 Å². The zero-order valence-corrected chi connectivity index (χ0v) is 14.2. The van der Waals surface area contributed by atoms with E-state index in [1.54, 1.807) is 4.68 Å². The maximum absolute atomic E-state index is 4.06. The maximum Gasteiger partial charge on any atom is 0.153 e. The fourth-order valence-corrected chi connectivity index (χ4v) is 2.84. The van der Waals surface area contributed by atoms with E-state index < -0.39 is 0 Å². The Labute approximate surface area is 128 Å². The molecule has 1 unspecified atom stereocenters. The van der Waals surface area contributed by atoms with E-state index in [4.69, 9.17) is 0 Å². The number of halogens is 1. The number of hydrogen-bond acceptors (Lipinski definition) is 3. The fourth-order valence-electron chi connectivity index (χ4n) is 2.28. The second-order valence-electron chi connectivity index (χ2n) is 5.98. The minimum absolute atomic E-state index is 0.0680. The van der Waals surface area contributed by atoms with E-state index in [1.165, 1.54) is 11.1 Å². The van der Waals surface area contributed by atoms with Crippen molar-refractivity contribution in [1.82, 2.24) is 20.3 Å². The van der Waals surface area contributed by atoms with Gasteiger partial charge in [0.15, 0.2) is 4.60 Å². The van der Waals surface area contributed by atoms with Crippen molar-refractivity contribution in [1.29, 1.82) is 0 Å². The first-order valence-electron chi connectivity index (χ1n) is 6.67. The Balaban J connectivity index is 2.38. The summed E-state index contributed by atoms with van der Waals surface area (Å²) in [6, 6.07) is 8.79. The molecule has 1 aromatic carbocycles. The van der Waals surface area contributed by atoms with Crippen LogP contribution in [0.1, 0.15) is 43.6 Å². The zero-order chi connectivity index (χ0) is 14.9. The molecule has 1 heterocycles.